The van der Waals surface area contributed by atoms with Gasteiger partial charge >= 0.3 is 0 Å². The van der Waals surface area contributed by atoms with Gasteiger partial charge in [-0.05, 0) is 41.4 Å². The quantitative estimate of drug-likeness (QED) is 0.789. The molecule has 2 aromatic rings. The minimum atomic E-state index is 0.111. The molecule has 0 amide bonds. The van der Waals surface area contributed by atoms with Crippen LogP contribution in [-0.4, -0.2) is 24.3 Å². The Morgan fingerprint density at radius 1 is 1.09 bits per heavy atom. The Kier molecular flexibility index (Phi) is 5.21. The van der Waals surface area contributed by atoms with E-state index >= 15 is 0 Å². The molecule has 23 heavy (non-hydrogen) atoms. The Balaban J connectivity index is 2.09. The number of benzene rings is 1. The molecule has 0 fully saturated rings. The number of hydrogen-bond donors (Lipinski definition) is 0. The molecule has 4 nitrogen and oxygen atoms in total. The van der Waals surface area contributed by atoms with Crippen LogP contribution in [0.1, 0.15) is 26.3 Å². The molecule has 0 saturated carbocycles. The predicted molar refractivity (Wildman–Crippen MR) is 97.6 cm³/mol. The fourth-order valence-electron chi connectivity index (χ4n) is 1.99. The fraction of sp³-hybridized carbons (Fsp3) is 0.333. The molecule has 0 saturated heterocycles. The largest absolute Gasteiger partial charge is 0.481 e. The smallest absolute Gasteiger partial charge is 0.270 e. The lowest BCUT2D eigenvalue weighted by Gasteiger charge is -2.21. The average Bonchev–Trinajstić information content (AvgIpc) is 2.53. The summed E-state index contributed by atoms with van der Waals surface area (Å²) in [6, 6.07) is 13.5. The van der Waals surface area contributed by atoms with Crippen LogP contribution in [0.5, 0.6) is 11.6 Å². The van der Waals surface area contributed by atoms with Crippen molar-refractivity contribution in [2.24, 2.45) is 0 Å². The summed E-state index contributed by atoms with van der Waals surface area (Å²) in [6.45, 7) is 6.53. The van der Waals surface area contributed by atoms with E-state index in [1.165, 1.54) is 5.56 Å². The number of methoxy groups -OCH3 is 1. The van der Waals surface area contributed by atoms with Gasteiger partial charge in [-0.2, -0.15) is 4.98 Å². The first kappa shape index (κ1) is 17.2. The molecule has 1 aromatic heterocycles. The number of anilines is 1. The van der Waals surface area contributed by atoms with Crippen LogP contribution in [-0.2, 0) is 5.41 Å². The number of rotatable bonds is 3. The lowest BCUT2D eigenvalue weighted by atomic mass is 9.87. The second-order valence-electron chi connectivity index (χ2n) is 6.24. The summed E-state index contributed by atoms with van der Waals surface area (Å²) in [5.74, 6) is 1.91. The second-order valence-corrected chi connectivity index (χ2v) is 6.59. The molecule has 0 aliphatic heterocycles. The molecule has 0 aliphatic rings. The van der Waals surface area contributed by atoms with E-state index in [0.29, 0.717) is 22.6 Å². The molecule has 0 atom stereocenters. The van der Waals surface area contributed by atoms with Gasteiger partial charge in [-0.3, -0.25) is 4.90 Å². The van der Waals surface area contributed by atoms with Crippen molar-refractivity contribution in [1.82, 2.24) is 4.98 Å². The van der Waals surface area contributed by atoms with Crippen molar-refractivity contribution in [3.63, 3.8) is 0 Å². The molecular formula is C18H22N2O2S. The van der Waals surface area contributed by atoms with E-state index in [4.69, 9.17) is 21.7 Å². The minimum Gasteiger partial charge on any atom is -0.481 e. The van der Waals surface area contributed by atoms with Crippen molar-refractivity contribution in [3.8, 4) is 11.6 Å². The van der Waals surface area contributed by atoms with Gasteiger partial charge in [0.2, 0.25) is 5.88 Å². The summed E-state index contributed by atoms with van der Waals surface area (Å²) in [6.07, 6.45) is 0. The summed E-state index contributed by atoms with van der Waals surface area (Å²) < 4.78 is 10.9. The summed E-state index contributed by atoms with van der Waals surface area (Å²) in [5, 5.41) is 0.328. The highest BCUT2D eigenvalue weighted by molar-refractivity contribution is 7.80. The first-order valence-electron chi connectivity index (χ1n) is 7.38. The standard InChI is InChI=1S/C18H22N2O2S/c1-18(2,3)13-9-11-14(12-10-13)22-17(23)20(4)15-7-6-8-16(19-15)21-5/h6-12H,1-5H3. The number of hydrogen-bond acceptors (Lipinski definition) is 4. The summed E-state index contributed by atoms with van der Waals surface area (Å²) in [5.41, 5.74) is 1.36. The Morgan fingerprint density at radius 2 is 1.74 bits per heavy atom. The molecule has 0 bridgehead atoms. The van der Waals surface area contributed by atoms with Crippen LogP contribution in [0.2, 0.25) is 0 Å². The van der Waals surface area contributed by atoms with Gasteiger partial charge in [0, 0.05) is 13.1 Å². The lowest BCUT2D eigenvalue weighted by molar-refractivity contribution is 0.398. The van der Waals surface area contributed by atoms with Crippen molar-refractivity contribution in [3.05, 3.63) is 48.0 Å². The summed E-state index contributed by atoms with van der Waals surface area (Å²) >= 11 is 5.35. The van der Waals surface area contributed by atoms with Gasteiger partial charge in [-0.25, -0.2) is 0 Å². The molecule has 0 spiro atoms. The van der Waals surface area contributed by atoms with Crippen molar-refractivity contribution in [1.29, 1.82) is 0 Å². The highest BCUT2D eigenvalue weighted by Gasteiger charge is 2.15. The highest BCUT2D eigenvalue weighted by atomic mass is 32.1. The van der Waals surface area contributed by atoms with E-state index in [1.54, 1.807) is 18.1 Å². The summed E-state index contributed by atoms with van der Waals surface area (Å²) in [7, 11) is 3.39. The molecule has 5 heteroatoms. The van der Waals surface area contributed by atoms with Gasteiger partial charge in [0.05, 0.1) is 7.11 Å². The molecule has 1 aromatic carbocycles. The monoisotopic (exact) mass is 330 g/mol. The van der Waals surface area contributed by atoms with Crippen molar-refractivity contribution < 1.29 is 9.47 Å². The molecule has 0 unspecified atom stereocenters. The molecule has 0 N–H and O–H groups in total. The van der Waals surface area contributed by atoms with Crippen LogP contribution in [0.4, 0.5) is 5.82 Å². The third-order valence-electron chi connectivity index (χ3n) is 3.46. The van der Waals surface area contributed by atoms with E-state index in [2.05, 4.69) is 37.9 Å². The maximum absolute atomic E-state index is 5.75. The Hall–Kier alpha value is -2.14. The van der Waals surface area contributed by atoms with Crippen LogP contribution in [0.3, 0.4) is 0 Å². The Labute approximate surface area is 143 Å². The number of nitrogens with zero attached hydrogens (tertiary/aromatic N) is 2. The van der Waals surface area contributed by atoms with Crippen LogP contribution in [0.15, 0.2) is 42.5 Å². The molecule has 122 valence electrons. The highest BCUT2D eigenvalue weighted by Crippen LogP contribution is 2.25. The van der Waals surface area contributed by atoms with Gasteiger partial charge in [0.15, 0.2) is 0 Å². The maximum Gasteiger partial charge on any atom is 0.270 e. The van der Waals surface area contributed by atoms with Gasteiger partial charge in [-0.15, -0.1) is 0 Å². The van der Waals surface area contributed by atoms with Gasteiger partial charge in [0.25, 0.3) is 5.17 Å². The van der Waals surface area contributed by atoms with Crippen molar-refractivity contribution >= 4 is 23.2 Å². The minimum absolute atomic E-state index is 0.111. The number of pyridine rings is 1. The van der Waals surface area contributed by atoms with Gasteiger partial charge in [0.1, 0.15) is 11.6 Å². The van der Waals surface area contributed by atoms with Crippen LogP contribution >= 0.6 is 12.2 Å². The van der Waals surface area contributed by atoms with Gasteiger partial charge in [-0.1, -0.05) is 39.0 Å². The zero-order valence-corrected chi connectivity index (χ0v) is 15.0. The van der Waals surface area contributed by atoms with Crippen LogP contribution in [0.25, 0.3) is 0 Å². The van der Waals surface area contributed by atoms with E-state index in [-0.39, 0.29) is 5.41 Å². The van der Waals surface area contributed by atoms with Crippen LogP contribution in [0, 0.1) is 0 Å². The predicted octanol–water partition coefficient (Wildman–Crippen LogP) is 4.19. The summed E-state index contributed by atoms with van der Waals surface area (Å²) in [4.78, 5) is 6.04. The first-order chi connectivity index (χ1) is 10.8. The van der Waals surface area contributed by atoms with Crippen molar-refractivity contribution in [2.75, 3.05) is 19.1 Å². The number of aromatic nitrogens is 1. The van der Waals surface area contributed by atoms with E-state index in [9.17, 15) is 0 Å². The van der Waals surface area contributed by atoms with Crippen LogP contribution < -0.4 is 14.4 Å². The SMILES string of the molecule is COc1cccc(N(C)C(=S)Oc2ccc(C(C)(C)C)cc2)n1. The maximum atomic E-state index is 5.75. The third kappa shape index (κ3) is 4.42. The number of thiocarbonyl (C=S) groups is 1. The zero-order valence-electron chi connectivity index (χ0n) is 14.2. The zero-order chi connectivity index (χ0) is 17.0. The molecule has 0 aliphatic carbocycles. The Bertz CT molecular complexity index is 678. The van der Waals surface area contributed by atoms with E-state index in [0.717, 1.165) is 0 Å². The number of ether oxygens (including phenoxy) is 2. The van der Waals surface area contributed by atoms with Gasteiger partial charge < -0.3 is 9.47 Å². The van der Waals surface area contributed by atoms with E-state index < -0.39 is 0 Å². The molecule has 0 radical (unpaired) electrons. The fourth-order valence-corrected chi connectivity index (χ4v) is 2.18. The normalized spacial score (nSPS) is 11.0. The Morgan fingerprint density at radius 3 is 2.30 bits per heavy atom. The third-order valence-corrected chi connectivity index (χ3v) is 3.82. The van der Waals surface area contributed by atoms with E-state index in [1.807, 2.05) is 31.3 Å². The molecule has 2 rings (SSSR count). The molecule has 1 heterocycles. The van der Waals surface area contributed by atoms with Crippen molar-refractivity contribution in [2.45, 2.75) is 26.2 Å². The molecular weight excluding hydrogens is 308 g/mol. The average molecular weight is 330 g/mol. The topological polar surface area (TPSA) is 34.6 Å². The first-order valence-corrected chi connectivity index (χ1v) is 7.79. The lowest BCUT2D eigenvalue weighted by Crippen LogP contribution is -2.29. The second kappa shape index (κ2) is 6.96.